The molecule has 2 aliphatic heterocycles. The molecule has 2 unspecified atom stereocenters. The number of ether oxygens (including phenoxy) is 3. The average Bonchev–Trinajstić information content (AvgIpc) is 2.81. The van der Waals surface area contributed by atoms with Gasteiger partial charge in [-0.2, -0.15) is 0 Å². The van der Waals surface area contributed by atoms with Crippen LogP contribution < -0.4 is 15.0 Å². The minimum absolute atomic E-state index is 0.201. The summed E-state index contributed by atoms with van der Waals surface area (Å²) in [5, 5.41) is 0. The summed E-state index contributed by atoms with van der Waals surface area (Å²) in [6, 6.07) is 11.4. The van der Waals surface area contributed by atoms with Crippen LogP contribution in [0.1, 0.15) is 36.8 Å². The summed E-state index contributed by atoms with van der Waals surface area (Å²) in [6.07, 6.45) is 3.08. The molecule has 31 heavy (non-hydrogen) atoms. The van der Waals surface area contributed by atoms with E-state index in [0.29, 0.717) is 30.9 Å². The van der Waals surface area contributed by atoms with E-state index >= 15 is 0 Å². The highest BCUT2D eigenvalue weighted by Crippen LogP contribution is 2.28. The zero-order chi connectivity index (χ0) is 21.5. The van der Waals surface area contributed by atoms with Crippen LogP contribution in [0.15, 0.2) is 42.5 Å². The summed E-state index contributed by atoms with van der Waals surface area (Å²) in [5.74, 6) is 6.63. The largest absolute Gasteiger partial charge is 0.481 e. The van der Waals surface area contributed by atoms with Crippen LogP contribution in [-0.2, 0) is 20.8 Å². The number of nitrogens with one attached hydrogen (secondary N) is 1. The number of amides is 1. The Kier molecular flexibility index (Phi) is 7.03. The van der Waals surface area contributed by atoms with Crippen molar-refractivity contribution in [2.24, 2.45) is 0 Å². The molecule has 0 aromatic heterocycles. The van der Waals surface area contributed by atoms with Gasteiger partial charge in [-0.3, -0.25) is 4.79 Å². The number of hydrogen-bond acceptors (Lipinski definition) is 5. The Balaban J connectivity index is 1.27. The van der Waals surface area contributed by atoms with E-state index in [2.05, 4.69) is 17.3 Å². The lowest BCUT2D eigenvalue weighted by molar-refractivity contribution is -0.203. The monoisotopic (exact) mass is 425 g/mol. The predicted molar refractivity (Wildman–Crippen MR) is 111 cm³/mol. The van der Waals surface area contributed by atoms with Crippen molar-refractivity contribution in [1.82, 2.24) is 5.48 Å². The third-order valence-electron chi connectivity index (χ3n) is 5.08. The second-order valence-electron chi connectivity index (χ2n) is 7.39. The summed E-state index contributed by atoms with van der Waals surface area (Å²) < 4.78 is 29.6. The van der Waals surface area contributed by atoms with Crippen molar-refractivity contribution in [2.45, 2.75) is 44.5 Å². The summed E-state index contributed by atoms with van der Waals surface area (Å²) in [4.78, 5) is 17.7. The second kappa shape index (κ2) is 10.3. The van der Waals surface area contributed by atoms with Crippen molar-refractivity contribution < 1.29 is 28.2 Å². The Morgan fingerprint density at radius 1 is 1.16 bits per heavy atom. The molecule has 1 saturated heterocycles. The first kappa shape index (κ1) is 21.2. The number of fused-ring (bicyclic) bond motifs is 1. The zero-order valence-corrected chi connectivity index (χ0v) is 17.1. The van der Waals surface area contributed by atoms with Crippen molar-refractivity contribution in [1.29, 1.82) is 0 Å². The smallest absolute Gasteiger partial charge is 0.284 e. The standard InChI is InChI=1S/C24H24FNO5/c25-19-8-10-20(11-9-19)28-15-3-4-17-6-12-21-18(16-17)7-13-22(30-21)24(27)26-31-23-5-1-2-14-29-23/h6,8-12,16,22-23H,1-2,5,7,13-15H2,(H,26,27). The molecule has 0 saturated carbocycles. The predicted octanol–water partition coefficient (Wildman–Crippen LogP) is 3.52. The molecular weight excluding hydrogens is 401 g/mol. The van der Waals surface area contributed by atoms with Crippen LogP contribution in [-0.4, -0.2) is 31.5 Å². The summed E-state index contributed by atoms with van der Waals surface area (Å²) in [5.41, 5.74) is 4.31. The first-order chi connectivity index (χ1) is 15.2. The Morgan fingerprint density at radius 3 is 2.84 bits per heavy atom. The van der Waals surface area contributed by atoms with Crippen LogP contribution in [0.3, 0.4) is 0 Å². The molecule has 6 nitrogen and oxygen atoms in total. The summed E-state index contributed by atoms with van der Waals surface area (Å²) >= 11 is 0. The van der Waals surface area contributed by atoms with Gasteiger partial charge in [0.2, 0.25) is 0 Å². The lowest BCUT2D eigenvalue weighted by atomic mass is 10.00. The minimum Gasteiger partial charge on any atom is -0.481 e. The molecule has 2 heterocycles. The van der Waals surface area contributed by atoms with Crippen LogP contribution in [0.4, 0.5) is 4.39 Å². The summed E-state index contributed by atoms with van der Waals surface area (Å²) in [6.45, 7) is 0.851. The normalized spacial score (nSPS) is 19.9. The Morgan fingerprint density at radius 2 is 2.03 bits per heavy atom. The highest BCUT2D eigenvalue weighted by Gasteiger charge is 2.27. The third kappa shape index (κ3) is 5.97. The molecule has 0 spiro atoms. The van der Waals surface area contributed by atoms with Gasteiger partial charge in [0, 0.05) is 18.6 Å². The first-order valence-electron chi connectivity index (χ1n) is 10.4. The van der Waals surface area contributed by atoms with Gasteiger partial charge in [0.05, 0.1) is 0 Å². The van der Waals surface area contributed by atoms with Crippen LogP contribution >= 0.6 is 0 Å². The van der Waals surface area contributed by atoms with Crippen molar-refractivity contribution in [3.63, 3.8) is 0 Å². The molecule has 0 radical (unpaired) electrons. The van der Waals surface area contributed by atoms with Gasteiger partial charge in [-0.25, -0.2) is 14.7 Å². The maximum absolute atomic E-state index is 12.9. The summed E-state index contributed by atoms with van der Waals surface area (Å²) in [7, 11) is 0. The van der Waals surface area contributed by atoms with Gasteiger partial charge in [0.1, 0.15) is 23.9 Å². The highest BCUT2D eigenvalue weighted by atomic mass is 19.1. The molecule has 2 aromatic carbocycles. The van der Waals surface area contributed by atoms with Gasteiger partial charge in [0.15, 0.2) is 12.4 Å². The lowest BCUT2D eigenvalue weighted by Gasteiger charge is -2.27. The number of halogens is 1. The van der Waals surface area contributed by atoms with E-state index in [1.54, 1.807) is 12.1 Å². The molecule has 7 heteroatoms. The highest BCUT2D eigenvalue weighted by molar-refractivity contribution is 5.80. The molecule has 0 bridgehead atoms. The fourth-order valence-corrected chi connectivity index (χ4v) is 3.43. The van der Waals surface area contributed by atoms with E-state index in [0.717, 1.165) is 30.4 Å². The van der Waals surface area contributed by atoms with Gasteiger partial charge in [0.25, 0.3) is 5.91 Å². The molecule has 4 rings (SSSR count). The molecule has 2 aromatic rings. The van der Waals surface area contributed by atoms with Crippen molar-refractivity contribution in [3.8, 4) is 23.3 Å². The van der Waals surface area contributed by atoms with Gasteiger partial charge < -0.3 is 14.2 Å². The third-order valence-corrected chi connectivity index (χ3v) is 5.08. The van der Waals surface area contributed by atoms with Crippen molar-refractivity contribution in [2.75, 3.05) is 13.2 Å². The lowest BCUT2D eigenvalue weighted by Crippen LogP contribution is -2.42. The van der Waals surface area contributed by atoms with Gasteiger partial charge in [-0.1, -0.05) is 11.8 Å². The first-order valence-corrected chi connectivity index (χ1v) is 10.4. The van der Waals surface area contributed by atoms with E-state index in [4.69, 9.17) is 19.0 Å². The quantitative estimate of drug-likeness (QED) is 0.587. The molecule has 162 valence electrons. The van der Waals surface area contributed by atoms with E-state index in [1.807, 2.05) is 18.2 Å². The fraction of sp³-hybridized carbons (Fsp3) is 0.375. The number of hydrogen-bond donors (Lipinski definition) is 1. The number of carbonyl (C=O) groups excluding carboxylic acids is 1. The maximum atomic E-state index is 12.9. The zero-order valence-electron chi connectivity index (χ0n) is 17.1. The fourth-order valence-electron chi connectivity index (χ4n) is 3.43. The van der Waals surface area contributed by atoms with Crippen molar-refractivity contribution >= 4 is 5.91 Å². The number of hydroxylamine groups is 1. The van der Waals surface area contributed by atoms with Crippen LogP contribution in [0.2, 0.25) is 0 Å². The number of aryl methyl sites for hydroxylation is 1. The molecule has 1 N–H and O–H groups in total. The Hall–Kier alpha value is -3.08. The van der Waals surface area contributed by atoms with Gasteiger partial charge in [-0.15, -0.1) is 0 Å². The van der Waals surface area contributed by atoms with Gasteiger partial charge in [-0.05, 0) is 73.7 Å². The maximum Gasteiger partial charge on any atom is 0.284 e. The minimum atomic E-state index is -0.600. The Bertz CT molecular complexity index is 960. The van der Waals surface area contributed by atoms with Gasteiger partial charge >= 0.3 is 0 Å². The topological polar surface area (TPSA) is 66.0 Å². The van der Waals surface area contributed by atoms with E-state index in [-0.39, 0.29) is 24.6 Å². The molecule has 1 fully saturated rings. The second-order valence-corrected chi connectivity index (χ2v) is 7.39. The number of benzene rings is 2. The molecule has 2 atom stereocenters. The van der Waals surface area contributed by atoms with E-state index in [9.17, 15) is 9.18 Å². The number of rotatable bonds is 5. The molecule has 1 amide bonds. The molecule has 0 aliphatic carbocycles. The SMILES string of the molecule is O=C(NOC1CCCCO1)C1CCc2cc(C#CCOc3ccc(F)cc3)ccc2O1. The molecular formula is C24H24FNO5. The number of carbonyl (C=O) groups is 1. The van der Waals surface area contributed by atoms with Crippen molar-refractivity contribution in [3.05, 3.63) is 59.4 Å². The van der Waals surface area contributed by atoms with E-state index in [1.165, 1.54) is 12.1 Å². The van der Waals surface area contributed by atoms with E-state index < -0.39 is 6.10 Å². The molecule has 2 aliphatic rings. The van der Waals surface area contributed by atoms with Crippen LogP contribution in [0.25, 0.3) is 0 Å². The Labute approximate surface area is 180 Å². The van der Waals surface area contributed by atoms with Crippen LogP contribution in [0, 0.1) is 17.7 Å². The average molecular weight is 425 g/mol. The van der Waals surface area contributed by atoms with Crippen LogP contribution in [0.5, 0.6) is 11.5 Å².